The fourth-order valence-corrected chi connectivity index (χ4v) is 2.75. The highest BCUT2D eigenvalue weighted by molar-refractivity contribution is 5.58. The second-order valence-corrected chi connectivity index (χ2v) is 5.70. The number of methoxy groups -OCH3 is 2. The molecule has 0 saturated carbocycles. The van der Waals surface area contributed by atoms with E-state index in [1.54, 1.807) is 14.2 Å². The lowest BCUT2D eigenvalue weighted by atomic mass is 9.99. The van der Waals surface area contributed by atoms with E-state index in [0.29, 0.717) is 18.1 Å². The van der Waals surface area contributed by atoms with Crippen molar-refractivity contribution in [3.8, 4) is 17.2 Å². The predicted octanol–water partition coefficient (Wildman–Crippen LogP) is 3.98. The van der Waals surface area contributed by atoms with Crippen molar-refractivity contribution in [2.24, 2.45) is 0 Å². The van der Waals surface area contributed by atoms with Gasteiger partial charge in [0.25, 0.3) is 0 Å². The molecular formula is C18H30O4. The van der Waals surface area contributed by atoms with E-state index in [4.69, 9.17) is 14.6 Å². The first-order valence-electron chi connectivity index (χ1n) is 8.20. The fourth-order valence-electron chi connectivity index (χ4n) is 2.75. The Hall–Kier alpha value is -1.42. The van der Waals surface area contributed by atoms with Crippen molar-refractivity contribution in [2.75, 3.05) is 20.8 Å². The van der Waals surface area contributed by atoms with Crippen molar-refractivity contribution in [1.29, 1.82) is 0 Å². The number of aromatic hydroxyl groups is 1. The van der Waals surface area contributed by atoms with E-state index in [1.165, 1.54) is 19.3 Å². The zero-order chi connectivity index (χ0) is 16.4. The third-order valence-corrected chi connectivity index (χ3v) is 4.06. The third kappa shape index (κ3) is 5.41. The van der Waals surface area contributed by atoms with E-state index >= 15 is 0 Å². The molecule has 0 aliphatic rings. The average Bonchev–Trinajstić information content (AvgIpc) is 2.52. The van der Waals surface area contributed by atoms with Crippen LogP contribution in [0.2, 0.25) is 0 Å². The van der Waals surface area contributed by atoms with Gasteiger partial charge in [0.1, 0.15) is 0 Å². The monoisotopic (exact) mass is 310 g/mol. The van der Waals surface area contributed by atoms with Gasteiger partial charge in [-0.2, -0.15) is 0 Å². The van der Waals surface area contributed by atoms with Crippen molar-refractivity contribution in [2.45, 2.75) is 58.3 Å². The molecule has 0 aromatic heterocycles. The van der Waals surface area contributed by atoms with Gasteiger partial charge in [0.05, 0.1) is 14.2 Å². The molecule has 0 bridgehead atoms. The van der Waals surface area contributed by atoms with Crippen molar-refractivity contribution in [3.05, 3.63) is 17.2 Å². The molecule has 0 unspecified atom stereocenters. The summed E-state index contributed by atoms with van der Waals surface area (Å²) in [5, 5.41) is 19.1. The summed E-state index contributed by atoms with van der Waals surface area (Å²) in [6.45, 7) is 2.30. The number of unbranched alkanes of at least 4 members (excludes halogenated alkanes) is 6. The maximum Gasteiger partial charge on any atom is 0.203 e. The Morgan fingerprint density at radius 1 is 0.909 bits per heavy atom. The molecule has 126 valence electrons. The minimum Gasteiger partial charge on any atom is -0.504 e. The van der Waals surface area contributed by atoms with Gasteiger partial charge in [-0.3, -0.25) is 0 Å². The maximum atomic E-state index is 10.4. The summed E-state index contributed by atoms with van der Waals surface area (Å²) in [5.41, 5.74) is 2.00. The first-order valence-corrected chi connectivity index (χ1v) is 8.20. The number of aliphatic hydroxyl groups excluding tert-OH is 1. The Morgan fingerprint density at radius 3 is 2.05 bits per heavy atom. The first-order chi connectivity index (χ1) is 10.7. The molecule has 0 atom stereocenters. The van der Waals surface area contributed by atoms with E-state index in [1.807, 2.05) is 13.0 Å². The SMILES string of the molecule is COc1cc(C)c(CCCCCCCCCO)c(O)c1OC. The molecule has 0 aliphatic carbocycles. The third-order valence-electron chi connectivity index (χ3n) is 4.06. The average molecular weight is 310 g/mol. The van der Waals surface area contributed by atoms with Gasteiger partial charge in [-0.25, -0.2) is 0 Å². The van der Waals surface area contributed by atoms with Crippen LogP contribution in [0, 0.1) is 6.92 Å². The number of hydrogen-bond donors (Lipinski definition) is 2. The number of hydrogen-bond acceptors (Lipinski definition) is 4. The van der Waals surface area contributed by atoms with E-state index < -0.39 is 0 Å². The molecule has 22 heavy (non-hydrogen) atoms. The smallest absolute Gasteiger partial charge is 0.203 e. The molecule has 0 amide bonds. The van der Waals surface area contributed by atoms with E-state index in [0.717, 1.165) is 43.2 Å². The number of aryl methyl sites for hydroxylation is 1. The van der Waals surface area contributed by atoms with Gasteiger partial charge in [0.2, 0.25) is 5.75 Å². The largest absolute Gasteiger partial charge is 0.504 e. The Kier molecular flexibility index (Phi) is 8.75. The molecule has 2 N–H and O–H groups in total. The summed E-state index contributed by atoms with van der Waals surface area (Å²) >= 11 is 0. The van der Waals surface area contributed by atoms with Gasteiger partial charge in [-0.15, -0.1) is 0 Å². The predicted molar refractivity (Wildman–Crippen MR) is 89.1 cm³/mol. The van der Waals surface area contributed by atoms with Crippen LogP contribution in [0.4, 0.5) is 0 Å². The highest BCUT2D eigenvalue weighted by Gasteiger charge is 2.16. The quantitative estimate of drug-likeness (QED) is 0.607. The van der Waals surface area contributed by atoms with Crippen LogP contribution >= 0.6 is 0 Å². The zero-order valence-electron chi connectivity index (χ0n) is 14.2. The highest BCUT2D eigenvalue weighted by Crippen LogP contribution is 2.41. The van der Waals surface area contributed by atoms with Gasteiger partial charge >= 0.3 is 0 Å². The number of benzene rings is 1. The lowest BCUT2D eigenvalue weighted by molar-refractivity contribution is 0.282. The molecule has 4 nitrogen and oxygen atoms in total. The van der Waals surface area contributed by atoms with Crippen LogP contribution in [0.3, 0.4) is 0 Å². The van der Waals surface area contributed by atoms with Crippen LogP contribution in [0.5, 0.6) is 17.2 Å². The van der Waals surface area contributed by atoms with E-state index in [-0.39, 0.29) is 5.75 Å². The summed E-state index contributed by atoms with van der Waals surface area (Å²) in [6, 6.07) is 1.92. The number of rotatable bonds is 11. The van der Waals surface area contributed by atoms with E-state index in [2.05, 4.69) is 0 Å². The fraction of sp³-hybridized carbons (Fsp3) is 0.667. The number of ether oxygens (including phenoxy) is 2. The summed E-state index contributed by atoms with van der Waals surface area (Å²) in [6.07, 6.45) is 8.73. The number of phenols is 1. The Morgan fingerprint density at radius 2 is 1.50 bits per heavy atom. The van der Waals surface area contributed by atoms with Crippen molar-refractivity contribution < 1.29 is 19.7 Å². The van der Waals surface area contributed by atoms with Gasteiger partial charge in [-0.1, -0.05) is 32.1 Å². The molecule has 1 aromatic carbocycles. The second kappa shape index (κ2) is 10.3. The molecule has 0 radical (unpaired) electrons. The lowest BCUT2D eigenvalue weighted by Crippen LogP contribution is -1.98. The topological polar surface area (TPSA) is 58.9 Å². The lowest BCUT2D eigenvalue weighted by Gasteiger charge is -2.15. The standard InChI is InChI=1S/C18H30O4/c1-14-13-16(21-2)18(22-3)17(20)15(14)11-9-7-5-4-6-8-10-12-19/h13,19-20H,4-12H2,1-3H3. The second-order valence-electron chi connectivity index (χ2n) is 5.70. The van der Waals surface area contributed by atoms with Crippen molar-refractivity contribution in [3.63, 3.8) is 0 Å². The molecular weight excluding hydrogens is 280 g/mol. The molecule has 4 heteroatoms. The number of phenolic OH excluding ortho intramolecular Hbond substituents is 1. The molecule has 0 fully saturated rings. The van der Waals surface area contributed by atoms with Gasteiger partial charge in [0, 0.05) is 12.2 Å². The normalized spacial score (nSPS) is 10.7. The van der Waals surface area contributed by atoms with Crippen molar-refractivity contribution in [1.82, 2.24) is 0 Å². The van der Waals surface area contributed by atoms with Crippen LogP contribution in [-0.4, -0.2) is 31.0 Å². The summed E-state index contributed by atoms with van der Waals surface area (Å²) in [5.74, 6) is 1.21. The van der Waals surface area contributed by atoms with Crippen LogP contribution in [0.15, 0.2) is 6.07 Å². The van der Waals surface area contributed by atoms with Gasteiger partial charge in [0.15, 0.2) is 11.5 Å². The summed E-state index contributed by atoms with van der Waals surface area (Å²) in [4.78, 5) is 0. The highest BCUT2D eigenvalue weighted by atomic mass is 16.5. The molecule has 0 spiro atoms. The number of aliphatic hydroxyl groups is 1. The summed E-state index contributed by atoms with van der Waals surface area (Å²) in [7, 11) is 3.12. The molecule has 0 saturated heterocycles. The molecule has 1 rings (SSSR count). The minimum atomic E-state index is 0.210. The van der Waals surface area contributed by atoms with Crippen molar-refractivity contribution >= 4 is 0 Å². The van der Waals surface area contributed by atoms with Crippen LogP contribution in [0.25, 0.3) is 0 Å². The van der Waals surface area contributed by atoms with Gasteiger partial charge < -0.3 is 19.7 Å². The maximum absolute atomic E-state index is 10.4. The first kappa shape index (κ1) is 18.6. The van der Waals surface area contributed by atoms with Crippen LogP contribution in [0.1, 0.15) is 56.1 Å². The summed E-state index contributed by atoms with van der Waals surface area (Å²) < 4.78 is 10.5. The van der Waals surface area contributed by atoms with Crippen LogP contribution < -0.4 is 9.47 Å². The Labute approximate surface area is 134 Å². The molecule has 1 aromatic rings. The molecule has 0 aliphatic heterocycles. The molecule has 0 heterocycles. The zero-order valence-corrected chi connectivity index (χ0v) is 14.2. The van der Waals surface area contributed by atoms with Crippen LogP contribution in [-0.2, 0) is 6.42 Å². The van der Waals surface area contributed by atoms with Gasteiger partial charge in [-0.05, 0) is 37.8 Å². The Balaban J connectivity index is 2.46. The minimum absolute atomic E-state index is 0.210. The van der Waals surface area contributed by atoms with E-state index in [9.17, 15) is 5.11 Å². The Bertz CT molecular complexity index is 443.